The summed E-state index contributed by atoms with van der Waals surface area (Å²) in [4.78, 5) is 10.1. The number of piperidine rings is 1. The minimum Gasteiger partial charge on any atom is -0.369 e. The standard InChI is InChI=1S/C13H17FN2O3/c1-13(3-2-4-15-9-13)19-8-10-5-11(14)7-12(6-10)16(17)18/h5-7,15H,2-4,8-9H2,1H3. The fraction of sp³-hybridized carbons (Fsp3) is 0.538. The Bertz CT molecular complexity index is 473. The number of non-ortho nitro benzene ring substituents is 1. The highest BCUT2D eigenvalue weighted by atomic mass is 19.1. The average Bonchev–Trinajstić information content (AvgIpc) is 2.37. The molecular weight excluding hydrogens is 251 g/mol. The lowest BCUT2D eigenvalue weighted by Gasteiger charge is -2.34. The van der Waals surface area contributed by atoms with E-state index in [1.807, 2.05) is 6.92 Å². The maximum Gasteiger partial charge on any atom is 0.272 e. The van der Waals surface area contributed by atoms with Crippen LogP contribution in [0.1, 0.15) is 25.3 Å². The fourth-order valence-corrected chi connectivity index (χ4v) is 2.23. The molecule has 0 amide bonds. The normalized spacial score (nSPS) is 23.3. The number of hydrogen-bond donors (Lipinski definition) is 1. The van der Waals surface area contributed by atoms with Crippen LogP contribution in [0.25, 0.3) is 0 Å². The van der Waals surface area contributed by atoms with Crippen LogP contribution in [0, 0.1) is 15.9 Å². The van der Waals surface area contributed by atoms with Gasteiger partial charge in [0.05, 0.1) is 23.2 Å². The number of nitrogens with zero attached hydrogens (tertiary/aromatic N) is 1. The summed E-state index contributed by atoms with van der Waals surface area (Å²) in [6.45, 7) is 3.89. The van der Waals surface area contributed by atoms with Crippen molar-refractivity contribution >= 4 is 5.69 Å². The Labute approximate surface area is 110 Å². The fourth-order valence-electron chi connectivity index (χ4n) is 2.23. The van der Waals surface area contributed by atoms with Gasteiger partial charge in [-0.15, -0.1) is 0 Å². The maximum atomic E-state index is 13.3. The summed E-state index contributed by atoms with van der Waals surface area (Å²) >= 11 is 0. The smallest absolute Gasteiger partial charge is 0.272 e. The molecule has 0 bridgehead atoms. The number of halogens is 1. The molecule has 0 aliphatic carbocycles. The van der Waals surface area contributed by atoms with Crippen molar-refractivity contribution in [1.82, 2.24) is 5.32 Å². The number of ether oxygens (including phenoxy) is 1. The van der Waals surface area contributed by atoms with Crippen LogP contribution in [-0.4, -0.2) is 23.6 Å². The first-order valence-electron chi connectivity index (χ1n) is 6.27. The van der Waals surface area contributed by atoms with Crippen molar-refractivity contribution in [2.75, 3.05) is 13.1 Å². The zero-order chi connectivity index (χ0) is 13.9. The van der Waals surface area contributed by atoms with Gasteiger partial charge in [-0.25, -0.2) is 4.39 Å². The zero-order valence-corrected chi connectivity index (χ0v) is 10.8. The lowest BCUT2D eigenvalue weighted by atomic mass is 9.96. The average molecular weight is 268 g/mol. The van der Waals surface area contributed by atoms with Crippen LogP contribution in [0.15, 0.2) is 18.2 Å². The van der Waals surface area contributed by atoms with E-state index in [4.69, 9.17) is 4.74 Å². The van der Waals surface area contributed by atoms with Gasteiger partial charge in [-0.3, -0.25) is 10.1 Å². The van der Waals surface area contributed by atoms with Gasteiger partial charge in [-0.05, 0) is 37.9 Å². The molecule has 1 aromatic carbocycles. The number of benzene rings is 1. The highest BCUT2D eigenvalue weighted by Crippen LogP contribution is 2.23. The van der Waals surface area contributed by atoms with E-state index < -0.39 is 10.7 Å². The molecule has 6 heteroatoms. The molecule has 0 aromatic heterocycles. The first-order valence-corrected chi connectivity index (χ1v) is 6.27. The Morgan fingerprint density at radius 3 is 2.95 bits per heavy atom. The third kappa shape index (κ3) is 3.71. The largest absolute Gasteiger partial charge is 0.369 e. The van der Waals surface area contributed by atoms with Crippen molar-refractivity contribution < 1.29 is 14.1 Å². The molecule has 1 saturated heterocycles. The van der Waals surface area contributed by atoms with E-state index in [-0.39, 0.29) is 17.9 Å². The Morgan fingerprint density at radius 1 is 1.53 bits per heavy atom. The molecule has 1 heterocycles. The summed E-state index contributed by atoms with van der Waals surface area (Å²) in [7, 11) is 0. The SMILES string of the molecule is CC1(OCc2cc(F)cc([N+](=O)[O-])c2)CCCNC1. The summed E-state index contributed by atoms with van der Waals surface area (Å²) < 4.78 is 19.1. The number of hydrogen-bond acceptors (Lipinski definition) is 4. The van der Waals surface area contributed by atoms with Crippen molar-refractivity contribution in [1.29, 1.82) is 0 Å². The molecule has 1 atom stereocenters. The molecule has 5 nitrogen and oxygen atoms in total. The first kappa shape index (κ1) is 13.9. The van der Waals surface area contributed by atoms with Crippen molar-refractivity contribution in [2.45, 2.75) is 32.0 Å². The Balaban J connectivity index is 2.04. The second-order valence-corrected chi connectivity index (χ2v) is 5.09. The first-order chi connectivity index (χ1) is 8.98. The summed E-state index contributed by atoms with van der Waals surface area (Å²) in [6.07, 6.45) is 1.96. The van der Waals surface area contributed by atoms with Crippen molar-refractivity contribution in [3.05, 3.63) is 39.7 Å². The lowest BCUT2D eigenvalue weighted by molar-refractivity contribution is -0.385. The third-order valence-corrected chi connectivity index (χ3v) is 3.30. The molecule has 104 valence electrons. The third-order valence-electron chi connectivity index (χ3n) is 3.30. The van der Waals surface area contributed by atoms with Crippen LogP contribution < -0.4 is 5.32 Å². The predicted octanol–water partition coefficient (Wildman–Crippen LogP) is 2.39. The van der Waals surface area contributed by atoms with E-state index in [1.165, 1.54) is 12.1 Å². The minimum atomic E-state index is -0.611. The van der Waals surface area contributed by atoms with E-state index >= 15 is 0 Å². The number of rotatable bonds is 4. The van der Waals surface area contributed by atoms with Gasteiger partial charge in [0.25, 0.3) is 5.69 Å². The monoisotopic (exact) mass is 268 g/mol. The van der Waals surface area contributed by atoms with Crippen LogP contribution in [0.3, 0.4) is 0 Å². The van der Waals surface area contributed by atoms with Crippen LogP contribution >= 0.6 is 0 Å². The van der Waals surface area contributed by atoms with Gasteiger partial charge in [0, 0.05) is 12.6 Å². The Hall–Kier alpha value is -1.53. The molecule has 1 aromatic rings. The van der Waals surface area contributed by atoms with Crippen molar-refractivity contribution in [3.63, 3.8) is 0 Å². The second-order valence-electron chi connectivity index (χ2n) is 5.09. The molecule has 2 rings (SSSR count). The highest BCUT2D eigenvalue weighted by molar-refractivity contribution is 5.34. The topological polar surface area (TPSA) is 64.4 Å². The second kappa shape index (κ2) is 5.63. The van der Waals surface area contributed by atoms with Gasteiger partial charge in [-0.1, -0.05) is 0 Å². The Morgan fingerprint density at radius 2 is 2.32 bits per heavy atom. The molecule has 19 heavy (non-hydrogen) atoms. The number of nitrogens with one attached hydrogen (secondary N) is 1. The van der Waals surface area contributed by atoms with E-state index in [0.717, 1.165) is 32.0 Å². The molecule has 1 N–H and O–H groups in total. The van der Waals surface area contributed by atoms with Crippen LogP contribution in [0.5, 0.6) is 0 Å². The molecule has 0 saturated carbocycles. The summed E-state index contributed by atoms with van der Waals surface area (Å²) in [5, 5.41) is 13.9. The molecule has 1 unspecified atom stereocenters. The number of nitro groups is 1. The van der Waals surface area contributed by atoms with Crippen LogP contribution in [0.4, 0.5) is 10.1 Å². The van der Waals surface area contributed by atoms with Gasteiger partial charge in [-0.2, -0.15) is 0 Å². The summed E-state index contributed by atoms with van der Waals surface area (Å²) in [5.74, 6) is -0.611. The molecular formula is C13H17FN2O3. The van der Waals surface area contributed by atoms with E-state index in [0.29, 0.717) is 5.56 Å². The molecule has 1 fully saturated rings. The maximum absolute atomic E-state index is 13.3. The molecule has 1 aliphatic rings. The Kier molecular flexibility index (Phi) is 4.11. The highest BCUT2D eigenvalue weighted by Gasteiger charge is 2.27. The van der Waals surface area contributed by atoms with E-state index in [9.17, 15) is 14.5 Å². The van der Waals surface area contributed by atoms with E-state index in [2.05, 4.69) is 5.32 Å². The van der Waals surface area contributed by atoms with Crippen molar-refractivity contribution in [3.8, 4) is 0 Å². The summed E-state index contributed by atoms with van der Waals surface area (Å²) in [6, 6.07) is 3.53. The molecule has 0 radical (unpaired) electrons. The quantitative estimate of drug-likeness (QED) is 0.672. The summed E-state index contributed by atoms with van der Waals surface area (Å²) in [5.41, 5.74) is -0.0525. The van der Waals surface area contributed by atoms with Crippen LogP contribution in [0.2, 0.25) is 0 Å². The minimum absolute atomic E-state index is 0.177. The van der Waals surface area contributed by atoms with Gasteiger partial charge in [0.1, 0.15) is 5.82 Å². The van der Waals surface area contributed by atoms with E-state index in [1.54, 1.807) is 0 Å². The van der Waals surface area contributed by atoms with Gasteiger partial charge in [0.15, 0.2) is 0 Å². The lowest BCUT2D eigenvalue weighted by Crippen LogP contribution is -2.45. The van der Waals surface area contributed by atoms with Gasteiger partial charge >= 0.3 is 0 Å². The predicted molar refractivity (Wildman–Crippen MR) is 68.4 cm³/mol. The number of nitro benzene ring substituents is 1. The zero-order valence-electron chi connectivity index (χ0n) is 10.8. The van der Waals surface area contributed by atoms with Crippen molar-refractivity contribution in [2.24, 2.45) is 0 Å². The molecule has 1 aliphatic heterocycles. The van der Waals surface area contributed by atoms with Gasteiger partial charge in [0.2, 0.25) is 0 Å². The van der Waals surface area contributed by atoms with Gasteiger partial charge < -0.3 is 10.1 Å². The van der Waals surface area contributed by atoms with Crippen LogP contribution in [-0.2, 0) is 11.3 Å². The molecule has 0 spiro atoms.